The lowest BCUT2D eigenvalue weighted by Crippen LogP contribution is -2.34. The Bertz CT molecular complexity index is 458. The zero-order valence-electron chi connectivity index (χ0n) is 10.5. The van der Waals surface area contributed by atoms with Crippen LogP contribution >= 0.6 is 0 Å². The lowest BCUT2D eigenvalue weighted by atomic mass is 10.2. The number of amides is 2. The number of rotatable bonds is 3. The van der Waals surface area contributed by atoms with E-state index in [0.29, 0.717) is 36.0 Å². The van der Waals surface area contributed by atoms with Crippen LogP contribution < -0.4 is 20.5 Å². The zero-order chi connectivity index (χ0) is 13.1. The molecule has 98 valence electrons. The second-order valence-corrected chi connectivity index (χ2v) is 3.90. The molecule has 1 aliphatic rings. The van der Waals surface area contributed by atoms with E-state index >= 15 is 0 Å². The van der Waals surface area contributed by atoms with Crippen molar-refractivity contribution in [2.45, 2.75) is 13.8 Å². The van der Waals surface area contributed by atoms with Gasteiger partial charge in [-0.05, 0) is 13.8 Å². The number of fused-ring (bicyclic) bond motifs is 1. The van der Waals surface area contributed by atoms with Crippen LogP contribution in [0.25, 0.3) is 0 Å². The third-order valence-electron chi connectivity index (χ3n) is 2.84. The first kappa shape index (κ1) is 12.3. The molecule has 1 aromatic rings. The van der Waals surface area contributed by atoms with Crippen molar-refractivity contribution in [3.05, 3.63) is 12.1 Å². The van der Waals surface area contributed by atoms with E-state index in [1.54, 1.807) is 17.0 Å². The quantitative estimate of drug-likeness (QED) is 0.804. The monoisotopic (exact) mass is 251 g/mol. The molecule has 0 spiro atoms. The molecule has 0 saturated carbocycles. The smallest absolute Gasteiger partial charge is 0.321 e. The largest absolute Gasteiger partial charge is 0.454 e. The van der Waals surface area contributed by atoms with Gasteiger partial charge >= 0.3 is 6.03 Å². The predicted molar refractivity (Wildman–Crippen MR) is 68.9 cm³/mol. The van der Waals surface area contributed by atoms with Crippen LogP contribution in [0.1, 0.15) is 13.8 Å². The summed E-state index contributed by atoms with van der Waals surface area (Å²) in [4.78, 5) is 13.6. The van der Waals surface area contributed by atoms with Gasteiger partial charge in [0.15, 0.2) is 11.5 Å². The Kier molecular flexibility index (Phi) is 3.45. The van der Waals surface area contributed by atoms with Gasteiger partial charge in [0, 0.05) is 25.2 Å². The van der Waals surface area contributed by atoms with Crippen molar-refractivity contribution in [2.75, 3.05) is 30.9 Å². The fraction of sp³-hybridized carbons (Fsp3) is 0.417. The molecule has 18 heavy (non-hydrogen) atoms. The number of hydrogen-bond donors (Lipinski definition) is 2. The normalized spacial score (nSPS) is 12.3. The molecule has 6 heteroatoms. The van der Waals surface area contributed by atoms with E-state index in [0.717, 1.165) is 0 Å². The van der Waals surface area contributed by atoms with Crippen molar-refractivity contribution < 1.29 is 14.3 Å². The second kappa shape index (κ2) is 5.03. The molecule has 0 fully saturated rings. The average molecular weight is 251 g/mol. The number of anilines is 2. The third-order valence-corrected chi connectivity index (χ3v) is 2.84. The van der Waals surface area contributed by atoms with Crippen molar-refractivity contribution in [1.29, 1.82) is 0 Å². The van der Waals surface area contributed by atoms with Gasteiger partial charge in [-0.3, -0.25) is 0 Å². The highest BCUT2D eigenvalue weighted by atomic mass is 16.7. The highest BCUT2D eigenvalue weighted by Crippen LogP contribution is 2.38. The number of ether oxygens (including phenoxy) is 2. The molecule has 1 aliphatic heterocycles. The lowest BCUT2D eigenvalue weighted by Gasteiger charge is -2.20. The Balaban J connectivity index is 2.17. The highest BCUT2D eigenvalue weighted by molar-refractivity contribution is 5.93. The molecular weight excluding hydrogens is 234 g/mol. The minimum atomic E-state index is -0.175. The summed E-state index contributed by atoms with van der Waals surface area (Å²) in [5, 5.41) is 2.77. The molecule has 0 radical (unpaired) electrons. The summed E-state index contributed by atoms with van der Waals surface area (Å²) in [6.07, 6.45) is 0. The van der Waals surface area contributed by atoms with Gasteiger partial charge in [-0.25, -0.2) is 4.79 Å². The number of nitrogens with two attached hydrogens (primary N) is 1. The van der Waals surface area contributed by atoms with Gasteiger partial charge in [-0.1, -0.05) is 0 Å². The molecule has 6 nitrogen and oxygen atoms in total. The maximum atomic E-state index is 11.9. The van der Waals surface area contributed by atoms with Crippen molar-refractivity contribution in [1.82, 2.24) is 4.90 Å². The molecule has 2 amide bonds. The topological polar surface area (TPSA) is 76.8 Å². The van der Waals surface area contributed by atoms with Crippen LogP contribution in [-0.4, -0.2) is 30.8 Å². The Morgan fingerprint density at radius 1 is 1.33 bits per heavy atom. The summed E-state index contributed by atoms with van der Waals surface area (Å²) < 4.78 is 10.4. The highest BCUT2D eigenvalue weighted by Gasteiger charge is 2.18. The minimum absolute atomic E-state index is 0.175. The summed E-state index contributed by atoms with van der Waals surface area (Å²) in [6, 6.07) is 3.16. The van der Waals surface area contributed by atoms with Crippen LogP contribution in [-0.2, 0) is 0 Å². The van der Waals surface area contributed by atoms with Gasteiger partial charge in [-0.15, -0.1) is 0 Å². The number of carbonyl (C=O) groups excluding carboxylic acids is 1. The van der Waals surface area contributed by atoms with E-state index in [1.165, 1.54) is 0 Å². The van der Waals surface area contributed by atoms with Crippen molar-refractivity contribution in [3.63, 3.8) is 0 Å². The summed E-state index contributed by atoms with van der Waals surface area (Å²) >= 11 is 0. The van der Waals surface area contributed by atoms with Crippen LogP contribution in [0.15, 0.2) is 12.1 Å². The van der Waals surface area contributed by atoms with Crippen LogP contribution in [0.3, 0.4) is 0 Å². The first-order valence-corrected chi connectivity index (χ1v) is 5.90. The first-order valence-electron chi connectivity index (χ1n) is 5.90. The molecule has 1 aromatic carbocycles. The van der Waals surface area contributed by atoms with Gasteiger partial charge in [-0.2, -0.15) is 0 Å². The average Bonchev–Trinajstić information content (AvgIpc) is 2.78. The van der Waals surface area contributed by atoms with Crippen LogP contribution in [0, 0.1) is 0 Å². The molecule has 3 N–H and O–H groups in total. The van der Waals surface area contributed by atoms with E-state index in [4.69, 9.17) is 15.2 Å². The summed E-state index contributed by atoms with van der Waals surface area (Å²) in [5.74, 6) is 1.20. The second-order valence-electron chi connectivity index (χ2n) is 3.90. The molecule has 2 rings (SSSR count). The fourth-order valence-corrected chi connectivity index (χ4v) is 1.77. The van der Waals surface area contributed by atoms with Crippen molar-refractivity contribution in [3.8, 4) is 11.5 Å². The Morgan fingerprint density at radius 2 is 1.94 bits per heavy atom. The first-order chi connectivity index (χ1) is 8.65. The number of benzene rings is 1. The van der Waals surface area contributed by atoms with E-state index in [2.05, 4.69) is 5.32 Å². The summed E-state index contributed by atoms with van der Waals surface area (Å²) in [7, 11) is 0. The van der Waals surface area contributed by atoms with Gasteiger partial charge < -0.3 is 25.4 Å². The maximum absolute atomic E-state index is 11.9. The number of nitrogen functional groups attached to an aromatic ring is 1. The Morgan fingerprint density at radius 3 is 2.56 bits per heavy atom. The lowest BCUT2D eigenvalue weighted by molar-refractivity contribution is 0.174. The molecule has 0 atom stereocenters. The van der Waals surface area contributed by atoms with Crippen molar-refractivity contribution in [2.24, 2.45) is 0 Å². The van der Waals surface area contributed by atoms with Crippen LogP contribution in [0.4, 0.5) is 16.2 Å². The van der Waals surface area contributed by atoms with E-state index in [-0.39, 0.29) is 12.8 Å². The van der Waals surface area contributed by atoms with Gasteiger partial charge in [0.05, 0.1) is 11.4 Å². The maximum Gasteiger partial charge on any atom is 0.321 e. The molecular formula is C12H17N3O3. The van der Waals surface area contributed by atoms with Crippen LogP contribution in [0.2, 0.25) is 0 Å². The predicted octanol–water partition coefficient (Wildman–Crippen LogP) is 1.87. The minimum Gasteiger partial charge on any atom is -0.454 e. The molecule has 0 aromatic heterocycles. The van der Waals surface area contributed by atoms with Gasteiger partial charge in [0.2, 0.25) is 6.79 Å². The fourth-order valence-electron chi connectivity index (χ4n) is 1.77. The van der Waals surface area contributed by atoms with Gasteiger partial charge in [0.25, 0.3) is 0 Å². The van der Waals surface area contributed by atoms with E-state index < -0.39 is 0 Å². The number of hydrogen-bond acceptors (Lipinski definition) is 4. The Labute approximate surface area is 106 Å². The summed E-state index contributed by atoms with van der Waals surface area (Å²) in [6.45, 7) is 5.32. The van der Waals surface area contributed by atoms with E-state index in [9.17, 15) is 4.79 Å². The molecule has 0 bridgehead atoms. The number of carbonyl (C=O) groups is 1. The molecule has 0 saturated heterocycles. The standard InChI is InChI=1S/C12H17N3O3/c1-3-15(4-2)12(16)14-9-6-11-10(5-8(9)13)17-7-18-11/h5-6H,3-4,7,13H2,1-2H3,(H,14,16). The molecule has 1 heterocycles. The van der Waals surface area contributed by atoms with Crippen molar-refractivity contribution >= 4 is 17.4 Å². The zero-order valence-corrected chi connectivity index (χ0v) is 10.5. The number of urea groups is 1. The molecule has 0 aliphatic carbocycles. The number of nitrogens with zero attached hydrogens (tertiary/aromatic N) is 1. The summed E-state index contributed by atoms with van der Waals surface area (Å²) in [5.41, 5.74) is 6.85. The number of nitrogens with one attached hydrogen (secondary N) is 1. The van der Waals surface area contributed by atoms with Crippen LogP contribution in [0.5, 0.6) is 11.5 Å². The van der Waals surface area contributed by atoms with Gasteiger partial charge in [0.1, 0.15) is 0 Å². The SMILES string of the molecule is CCN(CC)C(=O)Nc1cc2c(cc1N)OCO2. The Hall–Kier alpha value is -2.11. The van der Waals surface area contributed by atoms with E-state index in [1.807, 2.05) is 13.8 Å². The third kappa shape index (κ3) is 2.27. The molecule has 0 unspecified atom stereocenters.